The van der Waals surface area contributed by atoms with Crippen LogP contribution < -0.4 is 0 Å². The molecule has 2 rings (SSSR count). The Morgan fingerprint density at radius 2 is 2.13 bits per heavy atom. The SMILES string of the molecule is CCCCC(CC)(C1=CC=CC1)C1CC1. The molecule has 0 aromatic heterocycles. The third-order valence-corrected chi connectivity index (χ3v) is 4.38. The Balaban J connectivity index is 2.12. The van der Waals surface area contributed by atoms with Gasteiger partial charge in [0, 0.05) is 0 Å². The molecule has 1 unspecified atom stereocenters. The highest BCUT2D eigenvalue weighted by atomic mass is 14.5. The van der Waals surface area contributed by atoms with Crippen molar-refractivity contribution in [3.05, 3.63) is 23.8 Å². The fourth-order valence-corrected chi connectivity index (χ4v) is 3.26. The van der Waals surface area contributed by atoms with Gasteiger partial charge in [0.25, 0.3) is 0 Å². The van der Waals surface area contributed by atoms with Gasteiger partial charge in [0.2, 0.25) is 0 Å². The van der Waals surface area contributed by atoms with Gasteiger partial charge >= 0.3 is 0 Å². The van der Waals surface area contributed by atoms with Crippen LogP contribution in [0.3, 0.4) is 0 Å². The minimum Gasteiger partial charge on any atom is -0.0804 e. The van der Waals surface area contributed by atoms with Crippen molar-refractivity contribution >= 4 is 0 Å². The quantitative estimate of drug-likeness (QED) is 0.579. The highest BCUT2D eigenvalue weighted by molar-refractivity contribution is 5.31. The van der Waals surface area contributed by atoms with E-state index in [1.165, 1.54) is 44.9 Å². The molecule has 0 bridgehead atoms. The molecule has 0 amide bonds. The maximum absolute atomic E-state index is 2.40. The first-order chi connectivity index (χ1) is 7.33. The van der Waals surface area contributed by atoms with Crippen LogP contribution in [-0.4, -0.2) is 0 Å². The molecule has 0 aromatic carbocycles. The molecule has 2 aliphatic rings. The third kappa shape index (κ3) is 2.04. The summed E-state index contributed by atoms with van der Waals surface area (Å²) >= 11 is 0. The lowest BCUT2D eigenvalue weighted by molar-refractivity contribution is 0.254. The van der Waals surface area contributed by atoms with Crippen molar-refractivity contribution in [2.45, 2.75) is 58.8 Å². The summed E-state index contributed by atoms with van der Waals surface area (Å²) in [6, 6.07) is 0. The van der Waals surface area contributed by atoms with E-state index in [1.807, 2.05) is 0 Å². The molecular weight excluding hydrogens is 180 g/mol. The summed E-state index contributed by atoms with van der Waals surface area (Å²) in [7, 11) is 0. The van der Waals surface area contributed by atoms with E-state index < -0.39 is 0 Å². The molecule has 2 aliphatic carbocycles. The van der Waals surface area contributed by atoms with Crippen LogP contribution in [0.1, 0.15) is 58.8 Å². The number of unbranched alkanes of at least 4 members (excludes halogenated alkanes) is 1. The molecule has 0 spiro atoms. The highest BCUT2D eigenvalue weighted by Crippen LogP contribution is 2.56. The van der Waals surface area contributed by atoms with Gasteiger partial charge in [-0.05, 0) is 43.4 Å². The minimum absolute atomic E-state index is 0.583. The second-order valence-corrected chi connectivity index (χ2v) is 5.21. The summed E-state index contributed by atoms with van der Waals surface area (Å²) in [6.45, 7) is 4.71. The Bertz CT molecular complexity index is 268. The van der Waals surface area contributed by atoms with Crippen molar-refractivity contribution in [1.82, 2.24) is 0 Å². The first-order valence-corrected chi connectivity index (χ1v) is 6.69. The van der Waals surface area contributed by atoms with Crippen LogP contribution in [-0.2, 0) is 0 Å². The van der Waals surface area contributed by atoms with E-state index in [0.29, 0.717) is 5.41 Å². The number of allylic oxidation sites excluding steroid dienone is 4. The van der Waals surface area contributed by atoms with E-state index in [-0.39, 0.29) is 0 Å². The van der Waals surface area contributed by atoms with E-state index in [9.17, 15) is 0 Å². The zero-order valence-electron chi connectivity index (χ0n) is 10.3. The Hall–Kier alpha value is -0.520. The van der Waals surface area contributed by atoms with E-state index in [1.54, 1.807) is 5.57 Å². The molecule has 1 atom stereocenters. The molecule has 1 saturated carbocycles. The average molecular weight is 204 g/mol. The van der Waals surface area contributed by atoms with Gasteiger partial charge in [0.1, 0.15) is 0 Å². The van der Waals surface area contributed by atoms with Crippen LogP contribution in [0.2, 0.25) is 0 Å². The van der Waals surface area contributed by atoms with Crippen LogP contribution >= 0.6 is 0 Å². The molecule has 0 aromatic rings. The maximum Gasteiger partial charge on any atom is -0.00562 e. The van der Waals surface area contributed by atoms with Gasteiger partial charge < -0.3 is 0 Å². The van der Waals surface area contributed by atoms with Gasteiger partial charge in [-0.2, -0.15) is 0 Å². The van der Waals surface area contributed by atoms with E-state index in [4.69, 9.17) is 0 Å². The Labute approximate surface area is 94.5 Å². The van der Waals surface area contributed by atoms with E-state index in [2.05, 4.69) is 32.1 Å². The summed E-state index contributed by atoms with van der Waals surface area (Å²) in [5.74, 6) is 1.01. The topological polar surface area (TPSA) is 0 Å². The zero-order chi connectivity index (χ0) is 10.7. The Morgan fingerprint density at radius 1 is 1.33 bits per heavy atom. The molecule has 0 heterocycles. The molecule has 0 nitrogen and oxygen atoms in total. The van der Waals surface area contributed by atoms with Gasteiger partial charge in [-0.1, -0.05) is 50.5 Å². The standard InChI is InChI=1S/C15H24/c1-3-5-12-15(4-2,14-10-11-14)13-8-6-7-9-13/h6-8,14H,3-5,9-12H2,1-2H3. The van der Waals surface area contributed by atoms with Crippen LogP contribution in [0.15, 0.2) is 23.8 Å². The number of hydrogen-bond donors (Lipinski definition) is 0. The lowest BCUT2D eigenvalue weighted by atomic mass is 9.69. The smallest absolute Gasteiger partial charge is 0.00562 e. The van der Waals surface area contributed by atoms with Gasteiger partial charge in [-0.25, -0.2) is 0 Å². The molecule has 1 fully saturated rings. The van der Waals surface area contributed by atoms with Crippen molar-refractivity contribution in [3.63, 3.8) is 0 Å². The Kier molecular flexibility index (Phi) is 3.33. The predicted molar refractivity (Wildman–Crippen MR) is 66.8 cm³/mol. The van der Waals surface area contributed by atoms with Crippen LogP contribution in [0.25, 0.3) is 0 Å². The van der Waals surface area contributed by atoms with Crippen molar-refractivity contribution in [2.24, 2.45) is 11.3 Å². The third-order valence-electron chi connectivity index (χ3n) is 4.38. The number of rotatable bonds is 6. The molecule has 0 heteroatoms. The summed E-state index contributed by atoms with van der Waals surface area (Å²) < 4.78 is 0. The molecule has 84 valence electrons. The lowest BCUT2D eigenvalue weighted by Gasteiger charge is -2.35. The first-order valence-electron chi connectivity index (χ1n) is 6.69. The normalized spacial score (nSPS) is 24.0. The van der Waals surface area contributed by atoms with E-state index >= 15 is 0 Å². The lowest BCUT2D eigenvalue weighted by Crippen LogP contribution is -2.24. The fraction of sp³-hybridized carbons (Fsp3) is 0.733. The zero-order valence-corrected chi connectivity index (χ0v) is 10.3. The van der Waals surface area contributed by atoms with Crippen LogP contribution in [0, 0.1) is 11.3 Å². The summed E-state index contributed by atoms with van der Waals surface area (Å²) in [5, 5.41) is 0. The van der Waals surface area contributed by atoms with Crippen molar-refractivity contribution in [1.29, 1.82) is 0 Å². The summed E-state index contributed by atoms with van der Waals surface area (Å²) in [4.78, 5) is 0. The predicted octanol–water partition coefficient (Wildman–Crippen LogP) is 4.87. The van der Waals surface area contributed by atoms with Crippen molar-refractivity contribution in [3.8, 4) is 0 Å². The van der Waals surface area contributed by atoms with Gasteiger partial charge in [-0.15, -0.1) is 0 Å². The van der Waals surface area contributed by atoms with Crippen LogP contribution in [0.5, 0.6) is 0 Å². The molecule has 0 radical (unpaired) electrons. The maximum atomic E-state index is 2.40. The van der Waals surface area contributed by atoms with Crippen LogP contribution in [0.4, 0.5) is 0 Å². The highest BCUT2D eigenvalue weighted by Gasteiger charge is 2.45. The van der Waals surface area contributed by atoms with Crippen molar-refractivity contribution in [2.75, 3.05) is 0 Å². The molecular formula is C15H24. The molecule has 0 aliphatic heterocycles. The van der Waals surface area contributed by atoms with Gasteiger partial charge in [0.05, 0.1) is 0 Å². The summed E-state index contributed by atoms with van der Waals surface area (Å²) in [6.07, 6.45) is 16.7. The van der Waals surface area contributed by atoms with Gasteiger partial charge in [0.15, 0.2) is 0 Å². The molecule has 15 heavy (non-hydrogen) atoms. The van der Waals surface area contributed by atoms with Crippen molar-refractivity contribution < 1.29 is 0 Å². The number of hydrogen-bond acceptors (Lipinski definition) is 0. The largest absolute Gasteiger partial charge is 0.0804 e. The molecule has 0 saturated heterocycles. The second kappa shape index (κ2) is 4.55. The monoisotopic (exact) mass is 204 g/mol. The molecule has 0 N–H and O–H groups in total. The minimum atomic E-state index is 0.583. The summed E-state index contributed by atoms with van der Waals surface area (Å²) in [5.41, 5.74) is 2.32. The fourth-order valence-electron chi connectivity index (χ4n) is 3.26. The second-order valence-electron chi connectivity index (χ2n) is 5.21. The average Bonchev–Trinajstić information content (AvgIpc) is 2.96. The van der Waals surface area contributed by atoms with E-state index in [0.717, 1.165) is 5.92 Å². The first kappa shape index (κ1) is 11.0. The Morgan fingerprint density at radius 3 is 2.60 bits per heavy atom. The van der Waals surface area contributed by atoms with Gasteiger partial charge in [-0.3, -0.25) is 0 Å².